The highest BCUT2D eigenvalue weighted by Crippen LogP contribution is 2.29. The minimum atomic E-state index is -0.494. The summed E-state index contributed by atoms with van der Waals surface area (Å²) in [7, 11) is 1.40. The van der Waals surface area contributed by atoms with Gasteiger partial charge in [0, 0.05) is 31.2 Å². The number of carbonyl (C=O) groups is 1. The highest BCUT2D eigenvalue weighted by molar-refractivity contribution is 6.31. The molecule has 2 heterocycles. The van der Waals surface area contributed by atoms with Crippen molar-refractivity contribution in [3.63, 3.8) is 0 Å². The van der Waals surface area contributed by atoms with E-state index in [1.54, 1.807) is 13.0 Å². The Balaban J connectivity index is 1.68. The molecule has 0 amide bonds. The summed E-state index contributed by atoms with van der Waals surface area (Å²) in [5.74, 6) is 0.953. The van der Waals surface area contributed by atoms with E-state index in [0.717, 1.165) is 31.7 Å². The van der Waals surface area contributed by atoms with Gasteiger partial charge in [-0.3, -0.25) is 9.80 Å². The summed E-state index contributed by atoms with van der Waals surface area (Å²) < 4.78 is 10.2. The maximum Gasteiger partial charge on any atom is 0.327 e. The Bertz CT molecular complexity index is 728. The zero-order valence-electron chi connectivity index (χ0n) is 14.3. The number of hydrogen-bond acceptors (Lipinski definition) is 7. The molecule has 1 unspecified atom stereocenters. The Morgan fingerprint density at radius 1 is 1.32 bits per heavy atom. The smallest absolute Gasteiger partial charge is 0.327 e. The SMILES string of the molecule is COC(=O)C(c1ccccc1Cl)N1CCN(Cc2nc(C)no2)CC1. The number of benzene rings is 1. The average molecular weight is 365 g/mol. The largest absolute Gasteiger partial charge is 0.468 e. The predicted molar refractivity (Wildman–Crippen MR) is 92.1 cm³/mol. The second-order valence-electron chi connectivity index (χ2n) is 5.99. The van der Waals surface area contributed by atoms with Crippen LogP contribution >= 0.6 is 11.6 Å². The minimum Gasteiger partial charge on any atom is -0.468 e. The van der Waals surface area contributed by atoms with Crippen LogP contribution in [0.5, 0.6) is 0 Å². The number of halogens is 1. The van der Waals surface area contributed by atoms with Crippen molar-refractivity contribution < 1.29 is 14.1 Å². The van der Waals surface area contributed by atoms with E-state index >= 15 is 0 Å². The lowest BCUT2D eigenvalue weighted by Gasteiger charge is -2.37. The molecule has 0 spiro atoms. The van der Waals surface area contributed by atoms with Crippen molar-refractivity contribution in [1.29, 1.82) is 0 Å². The molecule has 1 aromatic carbocycles. The van der Waals surface area contributed by atoms with E-state index in [4.69, 9.17) is 20.9 Å². The van der Waals surface area contributed by atoms with Crippen LogP contribution in [0, 0.1) is 6.92 Å². The fourth-order valence-corrected chi connectivity index (χ4v) is 3.30. The first kappa shape index (κ1) is 17.8. The Hall–Kier alpha value is -1.96. The van der Waals surface area contributed by atoms with E-state index in [1.165, 1.54) is 7.11 Å². The van der Waals surface area contributed by atoms with Gasteiger partial charge in [0.2, 0.25) is 5.89 Å². The van der Waals surface area contributed by atoms with Gasteiger partial charge in [-0.2, -0.15) is 4.98 Å². The highest BCUT2D eigenvalue weighted by Gasteiger charge is 2.32. The summed E-state index contributed by atoms with van der Waals surface area (Å²) in [6, 6.07) is 6.90. The lowest BCUT2D eigenvalue weighted by atomic mass is 10.0. The molecule has 3 rings (SSSR count). The number of methoxy groups -OCH3 is 1. The second-order valence-corrected chi connectivity index (χ2v) is 6.40. The number of esters is 1. The molecular formula is C17H21ClN4O3. The van der Waals surface area contributed by atoms with Crippen LogP contribution < -0.4 is 0 Å². The third-order valence-electron chi connectivity index (χ3n) is 4.32. The Kier molecular flexibility index (Phi) is 5.67. The van der Waals surface area contributed by atoms with Crippen molar-refractivity contribution in [3.8, 4) is 0 Å². The van der Waals surface area contributed by atoms with Crippen molar-refractivity contribution >= 4 is 17.6 Å². The molecule has 1 aliphatic heterocycles. The molecule has 25 heavy (non-hydrogen) atoms. The van der Waals surface area contributed by atoms with E-state index in [9.17, 15) is 4.79 Å². The van der Waals surface area contributed by atoms with Crippen LogP contribution in [0.1, 0.15) is 23.3 Å². The third-order valence-corrected chi connectivity index (χ3v) is 4.67. The van der Waals surface area contributed by atoms with E-state index in [1.807, 2.05) is 18.2 Å². The monoisotopic (exact) mass is 364 g/mol. The first-order chi connectivity index (χ1) is 12.1. The molecule has 7 nitrogen and oxygen atoms in total. The van der Waals surface area contributed by atoms with Gasteiger partial charge in [0.25, 0.3) is 0 Å². The van der Waals surface area contributed by atoms with Crippen LogP contribution in [0.3, 0.4) is 0 Å². The number of aryl methyl sites for hydroxylation is 1. The van der Waals surface area contributed by atoms with Gasteiger partial charge >= 0.3 is 5.97 Å². The van der Waals surface area contributed by atoms with Gasteiger partial charge in [-0.25, -0.2) is 4.79 Å². The standard InChI is InChI=1S/C17H21ClN4O3/c1-12-19-15(25-20-12)11-21-7-9-22(10-8-21)16(17(23)24-2)13-5-3-4-6-14(13)18/h3-6,16H,7-11H2,1-2H3. The third kappa shape index (κ3) is 4.18. The van der Waals surface area contributed by atoms with Crippen LogP contribution in [0.4, 0.5) is 0 Å². The molecule has 0 bridgehead atoms. The van der Waals surface area contributed by atoms with Crippen molar-refractivity contribution in [1.82, 2.24) is 19.9 Å². The Morgan fingerprint density at radius 3 is 2.64 bits per heavy atom. The first-order valence-electron chi connectivity index (χ1n) is 8.16. The van der Waals surface area contributed by atoms with E-state index in [-0.39, 0.29) is 5.97 Å². The number of nitrogens with zero attached hydrogens (tertiary/aromatic N) is 4. The summed E-state index contributed by atoms with van der Waals surface area (Å²) in [5.41, 5.74) is 0.775. The minimum absolute atomic E-state index is 0.297. The molecule has 0 aliphatic carbocycles. The number of piperazine rings is 1. The molecule has 1 saturated heterocycles. The number of carbonyl (C=O) groups excluding carboxylic acids is 1. The van der Waals surface area contributed by atoms with Crippen LogP contribution in [-0.4, -0.2) is 59.2 Å². The molecule has 0 N–H and O–H groups in total. The fourth-order valence-electron chi connectivity index (χ4n) is 3.06. The van der Waals surface area contributed by atoms with Gasteiger partial charge in [-0.1, -0.05) is 35.0 Å². The molecule has 8 heteroatoms. The zero-order chi connectivity index (χ0) is 17.8. The zero-order valence-corrected chi connectivity index (χ0v) is 15.1. The fraction of sp³-hybridized carbons (Fsp3) is 0.471. The van der Waals surface area contributed by atoms with Crippen LogP contribution in [0.25, 0.3) is 0 Å². The lowest BCUT2D eigenvalue weighted by molar-refractivity contribution is -0.148. The molecule has 0 saturated carbocycles. The van der Waals surface area contributed by atoms with Gasteiger partial charge in [-0.15, -0.1) is 0 Å². The summed E-state index contributed by atoms with van der Waals surface area (Å²) in [4.78, 5) is 20.9. The number of rotatable bonds is 5. The van der Waals surface area contributed by atoms with Gasteiger partial charge in [0.05, 0.1) is 13.7 Å². The normalized spacial score (nSPS) is 17.4. The van der Waals surface area contributed by atoms with Crippen molar-refractivity contribution in [2.45, 2.75) is 19.5 Å². The maximum absolute atomic E-state index is 12.4. The summed E-state index contributed by atoms with van der Waals surface area (Å²) >= 11 is 6.31. The highest BCUT2D eigenvalue weighted by atomic mass is 35.5. The van der Waals surface area contributed by atoms with E-state index < -0.39 is 6.04 Å². The summed E-state index contributed by atoms with van der Waals surface area (Å²) in [5, 5.41) is 4.38. The molecular weight excluding hydrogens is 344 g/mol. The molecule has 1 atom stereocenters. The maximum atomic E-state index is 12.4. The van der Waals surface area contributed by atoms with Crippen molar-refractivity contribution in [2.75, 3.05) is 33.3 Å². The molecule has 0 radical (unpaired) electrons. The molecule has 2 aromatic rings. The predicted octanol–water partition coefficient (Wildman–Crippen LogP) is 2.06. The molecule has 134 valence electrons. The van der Waals surface area contributed by atoms with Gasteiger partial charge < -0.3 is 9.26 Å². The lowest BCUT2D eigenvalue weighted by Crippen LogP contribution is -2.49. The van der Waals surface area contributed by atoms with Gasteiger partial charge in [0.1, 0.15) is 6.04 Å². The topological polar surface area (TPSA) is 71.7 Å². The van der Waals surface area contributed by atoms with Crippen molar-refractivity contribution in [3.05, 3.63) is 46.6 Å². The molecule has 1 aliphatic rings. The number of aromatic nitrogens is 2. The van der Waals surface area contributed by atoms with Crippen LogP contribution in [0.15, 0.2) is 28.8 Å². The van der Waals surface area contributed by atoms with E-state index in [2.05, 4.69) is 19.9 Å². The van der Waals surface area contributed by atoms with E-state index in [0.29, 0.717) is 23.3 Å². The second kappa shape index (κ2) is 7.95. The first-order valence-corrected chi connectivity index (χ1v) is 8.54. The quantitative estimate of drug-likeness (QED) is 0.752. The Morgan fingerprint density at radius 2 is 2.04 bits per heavy atom. The van der Waals surface area contributed by atoms with Crippen LogP contribution in [0.2, 0.25) is 5.02 Å². The van der Waals surface area contributed by atoms with Gasteiger partial charge in [-0.05, 0) is 18.6 Å². The molecule has 1 aromatic heterocycles. The van der Waals surface area contributed by atoms with Gasteiger partial charge in [0.15, 0.2) is 5.82 Å². The Labute approximate surface area is 151 Å². The average Bonchev–Trinajstić information content (AvgIpc) is 3.03. The summed E-state index contributed by atoms with van der Waals surface area (Å²) in [6.07, 6.45) is 0. The number of hydrogen-bond donors (Lipinski definition) is 0. The molecule has 1 fully saturated rings. The van der Waals surface area contributed by atoms with Crippen LogP contribution in [-0.2, 0) is 16.1 Å². The summed E-state index contributed by atoms with van der Waals surface area (Å²) in [6.45, 7) is 5.44. The van der Waals surface area contributed by atoms with Crippen molar-refractivity contribution in [2.24, 2.45) is 0 Å². The number of ether oxygens (including phenoxy) is 1.